The molecule has 0 saturated heterocycles. The number of ether oxygens (including phenoxy) is 1. The third-order valence-electron chi connectivity index (χ3n) is 4.77. The topological polar surface area (TPSA) is 73.6 Å². The minimum Gasteiger partial charge on any atom is -0.436 e. The highest BCUT2D eigenvalue weighted by Crippen LogP contribution is 2.26. The monoisotopic (exact) mass is 366 g/mol. The first-order valence-electron chi connectivity index (χ1n) is 9.18. The van der Waals surface area contributed by atoms with E-state index in [2.05, 4.69) is 10.5 Å². The molecule has 2 aromatic carbocycles. The molecule has 0 bridgehead atoms. The van der Waals surface area contributed by atoms with E-state index >= 15 is 0 Å². The molecule has 6 heteroatoms. The Morgan fingerprint density at radius 1 is 1.19 bits per heavy atom. The molecule has 27 heavy (non-hydrogen) atoms. The second-order valence-electron chi connectivity index (χ2n) is 6.78. The smallest absolute Gasteiger partial charge is 0.321 e. The van der Waals surface area contributed by atoms with Gasteiger partial charge in [-0.2, -0.15) is 0 Å². The van der Waals surface area contributed by atoms with Gasteiger partial charge in [0.2, 0.25) is 5.89 Å². The summed E-state index contributed by atoms with van der Waals surface area (Å²) in [5.74, 6) is 0.278. The minimum absolute atomic E-state index is 0.0427. The molecule has 2 atom stereocenters. The number of fused-ring (bicyclic) bond motifs is 1. The largest absolute Gasteiger partial charge is 0.436 e. The molecule has 1 aromatic heterocycles. The molecule has 0 amide bonds. The Morgan fingerprint density at radius 2 is 2.00 bits per heavy atom. The number of nitrogens with zero attached hydrogens (tertiary/aromatic N) is 1. The van der Waals surface area contributed by atoms with Crippen molar-refractivity contribution in [3.63, 3.8) is 0 Å². The molecule has 6 nitrogen and oxygen atoms in total. The summed E-state index contributed by atoms with van der Waals surface area (Å²) in [5.41, 5.74) is 6.47. The van der Waals surface area contributed by atoms with E-state index in [0.29, 0.717) is 12.5 Å². The van der Waals surface area contributed by atoms with Gasteiger partial charge in [0.25, 0.3) is 0 Å². The summed E-state index contributed by atoms with van der Waals surface area (Å²) < 4.78 is 11.8. The van der Waals surface area contributed by atoms with E-state index in [9.17, 15) is 4.79 Å². The maximum absolute atomic E-state index is 11.0. The van der Waals surface area contributed by atoms with E-state index in [4.69, 9.17) is 14.0 Å². The highest BCUT2D eigenvalue weighted by Gasteiger charge is 2.28. The molecule has 1 saturated carbocycles. The summed E-state index contributed by atoms with van der Waals surface area (Å²) in [6.07, 6.45) is 3.00. The number of carbonyl (C=O) groups excluding carboxylic acids is 1. The number of hydrogen-bond donors (Lipinski definition) is 1. The van der Waals surface area contributed by atoms with E-state index in [0.717, 1.165) is 41.5 Å². The van der Waals surface area contributed by atoms with Crippen molar-refractivity contribution >= 4 is 17.1 Å². The van der Waals surface area contributed by atoms with Crippen LogP contribution in [0.2, 0.25) is 0 Å². The number of aromatic nitrogens is 1. The first-order chi connectivity index (χ1) is 13.2. The number of hydroxylamine groups is 1. The molecule has 1 fully saturated rings. The Kier molecular flexibility index (Phi) is 5.18. The number of oxazole rings is 1. The maximum Gasteiger partial charge on any atom is 0.321 e. The van der Waals surface area contributed by atoms with Gasteiger partial charge in [0.05, 0.1) is 18.8 Å². The van der Waals surface area contributed by atoms with Crippen LogP contribution in [0.3, 0.4) is 0 Å². The van der Waals surface area contributed by atoms with Gasteiger partial charge in [-0.3, -0.25) is 4.79 Å². The minimum atomic E-state index is -0.338. The zero-order valence-electron chi connectivity index (χ0n) is 15.2. The fourth-order valence-corrected chi connectivity index (χ4v) is 3.36. The second-order valence-corrected chi connectivity index (χ2v) is 6.78. The van der Waals surface area contributed by atoms with Crippen molar-refractivity contribution in [2.24, 2.45) is 0 Å². The molecule has 3 aromatic rings. The van der Waals surface area contributed by atoms with Crippen LogP contribution in [0.5, 0.6) is 0 Å². The quantitative estimate of drug-likeness (QED) is 0.665. The SMILES string of the molecule is CC(=O)ONC1CCCC1OCc1ccc(-c2nc3ccccc3o2)cc1. The van der Waals surface area contributed by atoms with Crippen LogP contribution in [0.1, 0.15) is 31.7 Å². The molecule has 4 rings (SSSR count). The summed E-state index contributed by atoms with van der Waals surface area (Å²) >= 11 is 0. The first-order valence-corrected chi connectivity index (χ1v) is 9.18. The summed E-state index contributed by atoms with van der Waals surface area (Å²) in [5, 5.41) is 0. The average Bonchev–Trinajstić information content (AvgIpc) is 3.31. The van der Waals surface area contributed by atoms with Gasteiger partial charge in [-0.25, -0.2) is 4.98 Å². The maximum atomic E-state index is 11.0. The summed E-state index contributed by atoms with van der Waals surface area (Å²) in [6, 6.07) is 15.8. The van der Waals surface area contributed by atoms with Crippen molar-refractivity contribution < 1.29 is 18.8 Å². The van der Waals surface area contributed by atoms with Crippen LogP contribution in [0.15, 0.2) is 52.9 Å². The summed E-state index contributed by atoms with van der Waals surface area (Å²) in [4.78, 5) is 20.4. The van der Waals surface area contributed by atoms with Crippen molar-refractivity contribution in [1.82, 2.24) is 10.5 Å². The third kappa shape index (κ3) is 4.18. The molecule has 1 N–H and O–H groups in total. The highest BCUT2D eigenvalue weighted by molar-refractivity contribution is 5.75. The van der Waals surface area contributed by atoms with E-state index in [1.54, 1.807) is 0 Å². The molecule has 2 unspecified atom stereocenters. The molecule has 1 aliphatic carbocycles. The van der Waals surface area contributed by atoms with Crippen LogP contribution in [0.4, 0.5) is 0 Å². The van der Waals surface area contributed by atoms with Crippen molar-refractivity contribution in [2.45, 2.75) is 44.9 Å². The fraction of sp³-hybridized carbons (Fsp3) is 0.333. The molecular weight excluding hydrogens is 344 g/mol. The van der Waals surface area contributed by atoms with Gasteiger partial charge in [0.1, 0.15) is 5.52 Å². The molecule has 140 valence electrons. The lowest BCUT2D eigenvalue weighted by molar-refractivity contribution is -0.152. The lowest BCUT2D eigenvalue weighted by Gasteiger charge is -2.20. The average molecular weight is 366 g/mol. The van der Waals surface area contributed by atoms with Crippen LogP contribution in [-0.2, 0) is 21.0 Å². The Morgan fingerprint density at radius 3 is 2.78 bits per heavy atom. The van der Waals surface area contributed by atoms with Gasteiger partial charge >= 0.3 is 5.97 Å². The van der Waals surface area contributed by atoms with E-state index in [1.807, 2.05) is 48.5 Å². The molecule has 0 spiro atoms. The molecular formula is C21H22N2O4. The summed E-state index contributed by atoms with van der Waals surface area (Å²) in [7, 11) is 0. The molecule has 1 heterocycles. The van der Waals surface area contributed by atoms with Crippen molar-refractivity contribution in [1.29, 1.82) is 0 Å². The normalized spacial score (nSPS) is 19.4. The Labute approximate surface area is 157 Å². The first kappa shape index (κ1) is 17.7. The Hall–Kier alpha value is -2.70. The van der Waals surface area contributed by atoms with E-state index < -0.39 is 0 Å². The van der Waals surface area contributed by atoms with Gasteiger partial charge in [0.15, 0.2) is 5.58 Å². The zero-order chi connectivity index (χ0) is 18.6. The zero-order valence-corrected chi connectivity index (χ0v) is 15.2. The summed E-state index contributed by atoms with van der Waals surface area (Å²) in [6.45, 7) is 1.90. The van der Waals surface area contributed by atoms with Crippen molar-refractivity contribution in [2.75, 3.05) is 0 Å². The van der Waals surface area contributed by atoms with E-state index in [-0.39, 0.29) is 18.1 Å². The van der Waals surface area contributed by atoms with Gasteiger partial charge in [-0.15, -0.1) is 5.48 Å². The number of carbonyl (C=O) groups is 1. The number of para-hydroxylation sites is 2. The van der Waals surface area contributed by atoms with Gasteiger partial charge in [-0.05, 0) is 49.1 Å². The van der Waals surface area contributed by atoms with Crippen LogP contribution in [-0.4, -0.2) is 23.1 Å². The number of rotatable bonds is 6. The predicted octanol–water partition coefficient (Wildman–Crippen LogP) is 4.00. The van der Waals surface area contributed by atoms with Crippen molar-refractivity contribution in [3.05, 3.63) is 54.1 Å². The van der Waals surface area contributed by atoms with Gasteiger partial charge < -0.3 is 14.0 Å². The molecule has 1 aliphatic rings. The molecule has 0 radical (unpaired) electrons. The van der Waals surface area contributed by atoms with Crippen LogP contribution in [0, 0.1) is 0 Å². The standard InChI is InChI=1S/C21H22N2O4/c1-14(24)27-23-18-6-4-8-19(18)25-13-15-9-11-16(12-10-15)21-22-17-5-2-3-7-20(17)26-21/h2-3,5,7,9-12,18-19,23H,4,6,8,13H2,1H3. The Bertz CT molecular complexity index is 886. The second kappa shape index (κ2) is 7.90. The third-order valence-corrected chi connectivity index (χ3v) is 4.77. The molecule has 0 aliphatic heterocycles. The highest BCUT2D eigenvalue weighted by atomic mass is 16.7. The number of nitrogens with one attached hydrogen (secondary N) is 1. The van der Waals surface area contributed by atoms with Crippen LogP contribution < -0.4 is 5.48 Å². The van der Waals surface area contributed by atoms with Gasteiger partial charge in [-0.1, -0.05) is 24.3 Å². The van der Waals surface area contributed by atoms with Crippen LogP contribution in [0.25, 0.3) is 22.6 Å². The van der Waals surface area contributed by atoms with Gasteiger partial charge in [0, 0.05) is 12.5 Å². The fourth-order valence-electron chi connectivity index (χ4n) is 3.36. The lowest BCUT2D eigenvalue weighted by atomic mass is 10.1. The van der Waals surface area contributed by atoms with Crippen molar-refractivity contribution in [3.8, 4) is 11.5 Å². The van der Waals surface area contributed by atoms with Crippen LogP contribution >= 0.6 is 0 Å². The lowest BCUT2D eigenvalue weighted by Crippen LogP contribution is -2.38. The number of hydrogen-bond acceptors (Lipinski definition) is 6. The number of benzene rings is 2. The Balaban J connectivity index is 1.37. The van der Waals surface area contributed by atoms with E-state index in [1.165, 1.54) is 6.92 Å². The predicted molar refractivity (Wildman–Crippen MR) is 101 cm³/mol.